The second kappa shape index (κ2) is 14.5. The molecule has 10 heteroatoms. The maximum Gasteiger partial charge on any atom is 0.263 e. The highest BCUT2D eigenvalue weighted by molar-refractivity contribution is 7.84. The van der Waals surface area contributed by atoms with Crippen molar-refractivity contribution in [3.63, 3.8) is 0 Å². The van der Waals surface area contributed by atoms with Gasteiger partial charge >= 0.3 is 0 Å². The molecule has 1 aliphatic carbocycles. The van der Waals surface area contributed by atoms with Crippen molar-refractivity contribution in [2.45, 2.75) is 76.1 Å². The lowest BCUT2D eigenvalue weighted by Crippen LogP contribution is -2.51. The SMILES string of the molecule is CCCc1cc(Cl)ccc1C1COc2ccc3cc2N(C1)CC1CCC1[C@](O)(Cc1ccncn1)/C=C/CC(C)C(C)S(=O)NC3=O. The molecule has 250 valence electrons. The lowest BCUT2D eigenvalue weighted by atomic mass is 9.63. The van der Waals surface area contributed by atoms with Crippen LogP contribution in [0.2, 0.25) is 5.02 Å². The predicted octanol–water partition coefficient (Wildman–Crippen LogP) is 6.44. The van der Waals surface area contributed by atoms with Crippen LogP contribution >= 0.6 is 11.6 Å². The first-order valence-electron chi connectivity index (χ1n) is 16.8. The summed E-state index contributed by atoms with van der Waals surface area (Å²) in [4.78, 5) is 24.3. The third-order valence-electron chi connectivity index (χ3n) is 10.4. The lowest BCUT2D eigenvalue weighted by Gasteiger charge is -2.48. The minimum atomic E-state index is -1.59. The molecule has 3 aromatic rings. The molecule has 3 aliphatic rings. The first kappa shape index (κ1) is 33.6. The summed E-state index contributed by atoms with van der Waals surface area (Å²) in [6, 6.07) is 13.5. The van der Waals surface area contributed by atoms with Gasteiger partial charge in [-0.1, -0.05) is 50.1 Å². The molecule has 7 atom stereocenters. The molecule has 0 radical (unpaired) electrons. The summed E-state index contributed by atoms with van der Waals surface area (Å²) in [6.07, 6.45) is 12.0. The van der Waals surface area contributed by atoms with E-state index in [0.29, 0.717) is 43.9 Å². The number of benzene rings is 2. The zero-order chi connectivity index (χ0) is 33.1. The molecule has 3 heterocycles. The van der Waals surface area contributed by atoms with Gasteiger partial charge in [0.15, 0.2) is 0 Å². The lowest BCUT2D eigenvalue weighted by molar-refractivity contribution is -0.0451. The Morgan fingerprint density at radius 3 is 2.74 bits per heavy atom. The van der Waals surface area contributed by atoms with Gasteiger partial charge in [-0.3, -0.25) is 9.52 Å². The van der Waals surface area contributed by atoms with Gasteiger partial charge < -0.3 is 14.7 Å². The van der Waals surface area contributed by atoms with Gasteiger partial charge in [0.05, 0.1) is 23.1 Å². The summed E-state index contributed by atoms with van der Waals surface area (Å²) >= 11 is 6.44. The van der Waals surface area contributed by atoms with Crippen LogP contribution in [0.1, 0.15) is 79.6 Å². The van der Waals surface area contributed by atoms with Crippen LogP contribution in [-0.2, 0) is 23.8 Å². The minimum absolute atomic E-state index is 0.00668. The van der Waals surface area contributed by atoms with E-state index in [1.165, 1.54) is 17.5 Å². The fourth-order valence-corrected chi connectivity index (χ4v) is 8.56. The molecule has 1 fully saturated rings. The summed E-state index contributed by atoms with van der Waals surface area (Å²) in [5.41, 5.74) is 3.42. The number of ether oxygens (including phenoxy) is 1. The summed E-state index contributed by atoms with van der Waals surface area (Å²) in [5, 5.41) is 12.9. The Hall–Kier alpha value is -3.27. The molecule has 1 saturated carbocycles. The molecule has 6 rings (SSSR count). The summed E-state index contributed by atoms with van der Waals surface area (Å²) in [6.45, 7) is 7.95. The van der Waals surface area contributed by atoms with E-state index in [2.05, 4.69) is 38.6 Å². The highest BCUT2D eigenvalue weighted by Gasteiger charge is 2.46. The highest BCUT2D eigenvalue weighted by atomic mass is 35.5. The third-order valence-corrected chi connectivity index (χ3v) is 12.1. The van der Waals surface area contributed by atoms with E-state index in [1.807, 2.05) is 50.3 Å². The molecule has 0 spiro atoms. The van der Waals surface area contributed by atoms with Crippen molar-refractivity contribution in [1.29, 1.82) is 0 Å². The highest BCUT2D eigenvalue weighted by Crippen LogP contribution is 2.46. The number of hydrogen-bond acceptors (Lipinski definition) is 7. The Morgan fingerprint density at radius 1 is 1.15 bits per heavy atom. The number of rotatable bonds is 5. The number of allylic oxidation sites excluding steroid dienone is 1. The summed E-state index contributed by atoms with van der Waals surface area (Å²) in [7, 11) is -1.59. The molecule has 2 aromatic carbocycles. The molecule has 2 bridgehead atoms. The average molecular weight is 677 g/mol. The average Bonchev–Trinajstić information content (AvgIpc) is 3.21. The van der Waals surface area contributed by atoms with E-state index >= 15 is 0 Å². The van der Waals surface area contributed by atoms with E-state index in [1.54, 1.807) is 12.3 Å². The zero-order valence-corrected chi connectivity index (χ0v) is 29.0. The van der Waals surface area contributed by atoms with E-state index in [0.717, 1.165) is 42.1 Å². The number of aliphatic hydroxyl groups is 1. The standard InChI is InChI=1S/C37H45ClN4O4S/c1-4-6-26-17-30(38)10-11-32(26)29-21-42-20-28-8-12-33(28)37(44,19-31-14-16-39-23-40-31)15-5-7-24(2)25(3)47(45)41-36(43)27-9-13-35(46-22-29)34(42)18-27/h5,9-11,13-18,23-25,28-29,33,44H,4,6-8,12,19-22H2,1-3H3,(H,41,43)/b15-5+/t24?,25?,28?,29?,33?,37-,47?/m1/s1. The fraction of sp³-hybridized carbons (Fsp3) is 0.486. The largest absolute Gasteiger partial charge is 0.491 e. The zero-order valence-electron chi connectivity index (χ0n) is 27.4. The molecule has 6 unspecified atom stereocenters. The first-order chi connectivity index (χ1) is 22.6. The Labute approximate surface area is 285 Å². The molecule has 47 heavy (non-hydrogen) atoms. The quantitative estimate of drug-likeness (QED) is 0.300. The number of halogens is 1. The van der Waals surface area contributed by atoms with Crippen LogP contribution in [-0.4, -0.2) is 55.7 Å². The predicted molar refractivity (Wildman–Crippen MR) is 187 cm³/mol. The molecular weight excluding hydrogens is 632 g/mol. The van der Waals surface area contributed by atoms with Gasteiger partial charge in [0.25, 0.3) is 5.91 Å². The van der Waals surface area contributed by atoms with Crippen molar-refractivity contribution in [1.82, 2.24) is 14.7 Å². The normalized spacial score (nSPS) is 30.2. The van der Waals surface area contributed by atoms with Crippen molar-refractivity contribution in [3.05, 3.63) is 94.5 Å². The topological polar surface area (TPSA) is 105 Å². The number of aryl methyl sites for hydroxylation is 1. The Morgan fingerprint density at radius 2 is 2.00 bits per heavy atom. The van der Waals surface area contributed by atoms with E-state index in [9.17, 15) is 14.1 Å². The first-order valence-corrected chi connectivity index (χ1v) is 18.4. The maximum atomic E-state index is 13.4. The van der Waals surface area contributed by atoms with Gasteiger partial charge in [-0.2, -0.15) is 0 Å². The minimum Gasteiger partial charge on any atom is -0.491 e. The van der Waals surface area contributed by atoms with Crippen LogP contribution in [0, 0.1) is 17.8 Å². The number of fused-ring (bicyclic) bond motifs is 2. The van der Waals surface area contributed by atoms with Crippen LogP contribution in [0.25, 0.3) is 0 Å². The van der Waals surface area contributed by atoms with Gasteiger partial charge in [0.1, 0.15) is 23.1 Å². The van der Waals surface area contributed by atoms with Crippen molar-refractivity contribution < 1.29 is 18.8 Å². The Kier molecular flexibility index (Phi) is 10.3. The Bertz CT molecular complexity index is 1640. The van der Waals surface area contributed by atoms with Crippen LogP contribution in [0.15, 0.2) is 67.1 Å². The van der Waals surface area contributed by atoms with Gasteiger partial charge in [-0.05, 0) is 97.9 Å². The monoisotopic (exact) mass is 676 g/mol. The number of aromatic nitrogens is 2. The Balaban J connectivity index is 1.40. The van der Waals surface area contributed by atoms with Crippen LogP contribution in [0.3, 0.4) is 0 Å². The van der Waals surface area contributed by atoms with E-state index < -0.39 is 16.6 Å². The number of carbonyl (C=O) groups excluding carboxylic acids is 1. The molecular formula is C37H45ClN4O4S. The molecule has 2 N–H and O–H groups in total. The maximum absolute atomic E-state index is 13.4. The van der Waals surface area contributed by atoms with E-state index in [4.69, 9.17) is 16.3 Å². The van der Waals surface area contributed by atoms with Gasteiger partial charge in [0.2, 0.25) is 0 Å². The van der Waals surface area contributed by atoms with Crippen LogP contribution in [0.4, 0.5) is 5.69 Å². The fourth-order valence-electron chi connectivity index (χ4n) is 7.34. The number of nitrogens with one attached hydrogen (secondary N) is 1. The molecule has 2 aliphatic heterocycles. The summed E-state index contributed by atoms with van der Waals surface area (Å²) < 4.78 is 22.5. The third kappa shape index (κ3) is 7.42. The summed E-state index contributed by atoms with van der Waals surface area (Å²) in [5.74, 6) is 0.639. The molecule has 1 amide bonds. The number of anilines is 1. The second-order valence-electron chi connectivity index (χ2n) is 13.6. The van der Waals surface area contributed by atoms with Gasteiger partial charge in [0, 0.05) is 47.9 Å². The van der Waals surface area contributed by atoms with Crippen LogP contribution < -0.4 is 14.4 Å². The number of nitrogens with zero attached hydrogens (tertiary/aromatic N) is 3. The molecule has 0 saturated heterocycles. The smallest absolute Gasteiger partial charge is 0.263 e. The van der Waals surface area contributed by atoms with Crippen LogP contribution in [0.5, 0.6) is 5.75 Å². The van der Waals surface area contributed by atoms with Crippen molar-refractivity contribution >= 4 is 34.2 Å². The molecule has 8 nitrogen and oxygen atoms in total. The van der Waals surface area contributed by atoms with Crippen molar-refractivity contribution in [2.75, 3.05) is 24.6 Å². The molecule has 1 aromatic heterocycles. The number of amides is 1. The van der Waals surface area contributed by atoms with Crippen molar-refractivity contribution in [3.8, 4) is 5.75 Å². The van der Waals surface area contributed by atoms with E-state index in [-0.39, 0.29) is 34.8 Å². The second-order valence-corrected chi connectivity index (χ2v) is 15.5. The number of hydrogen-bond donors (Lipinski definition) is 2. The van der Waals surface area contributed by atoms with Gasteiger partial charge in [-0.25, -0.2) is 14.2 Å². The number of carbonyl (C=O) groups is 1. The van der Waals surface area contributed by atoms with Gasteiger partial charge in [-0.15, -0.1) is 0 Å². The van der Waals surface area contributed by atoms with Crippen molar-refractivity contribution in [2.24, 2.45) is 17.8 Å².